The molecule has 92 valence electrons. The number of hydrogen-bond acceptors (Lipinski definition) is 4. The highest BCUT2D eigenvalue weighted by atomic mass is 19.1. The van der Waals surface area contributed by atoms with Crippen molar-refractivity contribution in [3.63, 3.8) is 0 Å². The van der Waals surface area contributed by atoms with E-state index in [9.17, 15) is 19.3 Å². The second-order valence-corrected chi connectivity index (χ2v) is 3.21. The average Bonchev–Trinajstić information content (AvgIpc) is 2.25. The Hall–Kier alpha value is -2.18. The van der Waals surface area contributed by atoms with Crippen molar-refractivity contribution in [1.29, 1.82) is 0 Å². The fourth-order valence-corrected chi connectivity index (χ4v) is 1.16. The normalized spacial score (nSPS) is 9.94. The molecule has 0 atom stereocenters. The van der Waals surface area contributed by atoms with Crippen molar-refractivity contribution in [1.82, 2.24) is 0 Å². The second-order valence-electron chi connectivity index (χ2n) is 3.21. The lowest BCUT2D eigenvalue weighted by Gasteiger charge is -2.05. The summed E-state index contributed by atoms with van der Waals surface area (Å²) in [5, 5.41) is 19.0. The van der Waals surface area contributed by atoms with E-state index in [1.165, 1.54) is 0 Å². The summed E-state index contributed by atoms with van der Waals surface area (Å²) < 4.78 is 17.8. The van der Waals surface area contributed by atoms with Crippen LogP contribution in [-0.4, -0.2) is 22.6 Å². The van der Waals surface area contributed by atoms with Gasteiger partial charge in [0.1, 0.15) is 5.82 Å². The Labute approximate surface area is 95.8 Å². The van der Waals surface area contributed by atoms with Crippen LogP contribution in [0.5, 0.6) is 5.75 Å². The highest BCUT2D eigenvalue weighted by Crippen LogP contribution is 2.27. The summed E-state index contributed by atoms with van der Waals surface area (Å²) in [6.45, 7) is 0.0266. The van der Waals surface area contributed by atoms with E-state index in [4.69, 9.17) is 9.84 Å². The van der Waals surface area contributed by atoms with Crippen molar-refractivity contribution in [2.24, 2.45) is 0 Å². The molecular formula is C10H10FNO5. The second kappa shape index (κ2) is 5.78. The third-order valence-corrected chi connectivity index (χ3v) is 1.91. The number of carboxylic acids is 1. The molecule has 0 aromatic heterocycles. The summed E-state index contributed by atoms with van der Waals surface area (Å²) in [7, 11) is 0. The highest BCUT2D eigenvalue weighted by Gasteiger charge is 2.16. The molecule has 1 aromatic rings. The monoisotopic (exact) mass is 243 g/mol. The third kappa shape index (κ3) is 4.06. The zero-order valence-corrected chi connectivity index (χ0v) is 8.76. The number of nitrogens with zero attached hydrogens (tertiary/aromatic N) is 1. The lowest BCUT2D eigenvalue weighted by Crippen LogP contribution is -2.03. The highest BCUT2D eigenvalue weighted by molar-refractivity contribution is 5.66. The third-order valence-electron chi connectivity index (χ3n) is 1.91. The van der Waals surface area contributed by atoms with E-state index in [0.717, 1.165) is 18.2 Å². The smallest absolute Gasteiger partial charge is 0.313 e. The molecule has 0 saturated carbocycles. The molecule has 6 nitrogen and oxygen atoms in total. The van der Waals surface area contributed by atoms with Crippen LogP contribution in [0.3, 0.4) is 0 Å². The number of halogens is 1. The number of carbonyl (C=O) groups is 1. The first-order valence-electron chi connectivity index (χ1n) is 4.79. The van der Waals surface area contributed by atoms with Crippen molar-refractivity contribution >= 4 is 11.7 Å². The Bertz CT molecular complexity index is 435. The van der Waals surface area contributed by atoms with Gasteiger partial charge in [0.25, 0.3) is 0 Å². The minimum absolute atomic E-state index is 0.0266. The van der Waals surface area contributed by atoms with E-state index >= 15 is 0 Å². The van der Waals surface area contributed by atoms with Crippen LogP contribution >= 0.6 is 0 Å². The van der Waals surface area contributed by atoms with Gasteiger partial charge in [-0.1, -0.05) is 0 Å². The molecular weight excluding hydrogens is 233 g/mol. The van der Waals surface area contributed by atoms with E-state index < -0.39 is 22.4 Å². The summed E-state index contributed by atoms with van der Waals surface area (Å²) in [4.78, 5) is 20.0. The Morgan fingerprint density at radius 1 is 1.53 bits per heavy atom. The first-order valence-corrected chi connectivity index (χ1v) is 4.79. The first kappa shape index (κ1) is 12.9. The predicted octanol–water partition coefficient (Wildman–Crippen LogP) is 1.98. The van der Waals surface area contributed by atoms with Crippen LogP contribution in [0.2, 0.25) is 0 Å². The molecule has 0 saturated heterocycles. The maximum absolute atomic E-state index is 12.8. The number of nitro benzene ring substituents is 1. The van der Waals surface area contributed by atoms with Crippen LogP contribution < -0.4 is 4.74 Å². The maximum atomic E-state index is 12.8. The molecule has 0 aliphatic carbocycles. The molecule has 1 N–H and O–H groups in total. The zero-order chi connectivity index (χ0) is 12.8. The van der Waals surface area contributed by atoms with Gasteiger partial charge < -0.3 is 9.84 Å². The van der Waals surface area contributed by atoms with Gasteiger partial charge in [0.15, 0.2) is 5.75 Å². The molecule has 1 rings (SSSR count). The molecule has 0 unspecified atom stereocenters. The fraction of sp³-hybridized carbons (Fsp3) is 0.300. The average molecular weight is 243 g/mol. The van der Waals surface area contributed by atoms with Crippen molar-refractivity contribution in [3.05, 3.63) is 34.1 Å². The van der Waals surface area contributed by atoms with Gasteiger partial charge >= 0.3 is 11.7 Å². The molecule has 0 radical (unpaired) electrons. The Kier molecular flexibility index (Phi) is 4.38. The van der Waals surface area contributed by atoms with Crippen LogP contribution in [0.1, 0.15) is 12.8 Å². The van der Waals surface area contributed by atoms with Crippen molar-refractivity contribution in [3.8, 4) is 5.75 Å². The maximum Gasteiger partial charge on any atom is 0.313 e. The van der Waals surface area contributed by atoms with E-state index in [1.54, 1.807) is 0 Å². The van der Waals surface area contributed by atoms with Gasteiger partial charge in [-0.2, -0.15) is 0 Å². The first-order chi connectivity index (χ1) is 8.00. The molecule has 0 heterocycles. The predicted molar refractivity (Wildman–Crippen MR) is 55.4 cm³/mol. The van der Waals surface area contributed by atoms with E-state index in [1.807, 2.05) is 0 Å². The fourth-order valence-electron chi connectivity index (χ4n) is 1.16. The zero-order valence-electron chi connectivity index (χ0n) is 8.76. The van der Waals surface area contributed by atoms with Gasteiger partial charge in [-0.05, 0) is 18.6 Å². The number of nitro groups is 1. The number of ether oxygens (including phenoxy) is 1. The van der Waals surface area contributed by atoms with Crippen LogP contribution in [0.4, 0.5) is 10.1 Å². The quantitative estimate of drug-likeness (QED) is 0.468. The van der Waals surface area contributed by atoms with Gasteiger partial charge in [-0.3, -0.25) is 14.9 Å². The van der Waals surface area contributed by atoms with Gasteiger partial charge in [-0.25, -0.2) is 4.39 Å². The molecule has 7 heteroatoms. The van der Waals surface area contributed by atoms with Crippen LogP contribution in [0.15, 0.2) is 18.2 Å². The number of aliphatic carboxylic acids is 1. The molecule has 17 heavy (non-hydrogen) atoms. The number of benzene rings is 1. The number of rotatable bonds is 6. The summed E-state index contributed by atoms with van der Waals surface area (Å²) in [6.07, 6.45) is 0.138. The minimum atomic E-state index is -0.970. The van der Waals surface area contributed by atoms with Gasteiger partial charge in [0.2, 0.25) is 0 Å². The summed E-state index contributed by atoms with van der Waals surface area (Å²) in [6, 6.07) is 2.94. The Morgan fingerprint density at radius 2 is 2.24 bits per heavy atom. The van der Waals surface area contributed by atoms with Crippen molar-refractivity contribution in [2.45, 2.75) is 12.8 Å². The minimum Gasteiger partial charge on any atom is -0.487 e. The molecule has 1 aromatic carbocycles. The van der Waals surface area contributed by atoms with Crippen molar-refractivity contribution < 1.29 is 24.0 Å². The summed E-state index contributed by atoms with van der Waals surface area (Å²) in [5.41, 5.74) is -0.472. The summed E-state index contributed by atoms with van der Waals surface area (Å²) in [5.74, 6) is -1.77. The largest absolute Gasteiger partial charge is 0.487 e. The Balaban J connectivity index is 2.64. The van der Waals surface area contributed by atoms with Crippen LogP contribution in [0.25, 0.3) is 0 Å². The van der Waals surface area contributed by atoms with Gasteiger partial charge in [0.05, 0.1) is 17.6 Å². The molecule has 0 amide bonds. The van der Waals surface area contributed by atoms with Crippen molar-refractivity contribution in [2.75, 3.05) is 6.61 Å². The molecule has 0 bridgehead atoms. The molecule has 0 spiro atoms. The Morgan fingerprint density at radius 3 is 2.82 bits per heavy atom. The SMILES string of the molecule is O=C(O)CCCOc1ccc(F)cc1[N+](=O)[O-]. The number of hydrogen-bond donors (Lipinski definition) is 1. The standard InChI is InChI=1S/C10H10FNO5/c11-7-3-4-9(8(6-7)12(15)16)17-5-1-2-10(13)14/h3-4,6H,1-2,5H2,(H,13,14). The van der Waals surface area contributed by atoms with Crippen LogP contribution in [-0.2, 0) is 4.79 Å². The topological polar surface area (TPSA) is 89.7 Å². The molecule has 0 aliphatic heterocycles. The van der Waals surface area contributed by atoms with E-state index in [-0.39, 0.29) is 25.2 Å². The molecule has 0 fully saturated rings. The molecule has 0 aliphatic rings. The van der Waals surface area contributed by atoms with Gasteiger partial charge in [-0.15, -0.1) is 0 Å². The summed E-state index contributed by atoms with van der Waals surface area (Å²) >= 11 is 0. The number of carboxylic acid groups (broad SMARTS) is 1. The lowest BCUT2D eigenvalue weighted by atomic mass is 10.3. The van der Waals surface area contributed by atoms with Crippen LogP contribution in [0, 0.1) is 15.9 Å². The lowest BCUT2D eigenvalue weighted by molar-refractivity contribution is -0.386. The van der Waals surface area contributed by atoms with Gasteiger partial charge in [0, 0.05) is 6.42 Å². The van der Waals surface area contributed by atoms with E-state index in [0.29, 0.717) is 0 Å². The van der Waals surface area contributed by atoms with E-state index in [2.05, 4.69) is 0 Å².